The maximum absolute atomic E-state index is 12.7. The van der Waals surface area contributed by atoms with Crippen molar-refractivity contribution in [3.05, 3.63) is 59.0 Å². The molecule has 4 rings (SSSR count). The highest BCUT2D eigenvalue weighted by Gasteiger charge is 2.21. The van der Waals surface area contributed by atoms with Gasteiger partial charge < -0.3 is 10.1 Å². The van der Waals surface area contributed by atoms with Gasteiger partial charge in [0.2, 0.25) is 5.91 Å². The largest absolute Gasteiger partial charge is 0.435 e. The Morgan fingerprint density at radius 1 is 1.28 bits per heavy atom. The molecule has 7 nitrogen and oxygen atoms in total. The molecule has 0 aliphatic carbocycles. The minimum atomic E-state index is -2.92. The van der Waals surface area contributed by atoms with Gasteiger partial charge in [0.1, 0.15) is 5.75 Å². The summed E-state index contributed by atoms with van der Waals surface area (Å²) < 4.78 is 32.2. The first-order valence-corrected chi connectivity index (χ1v) is 9.51. The molecule has 1 fully saturated rings. The Morgan fingerprint density at radius 3 is 2.83 bits per heavy atom. The number of carbonyl (C=O) groups is 1. The lowest BCUT2D eigenvalue weighted by atomic mass is 10.1. The van der Waals surface area contributed by atoms with E-state index in [9.17, 15) is 13.6 Å². The van der Waals surface area contributed by atoms with E-state index >= 15 is 0 Å². The SMILES string of the molecule is O=C1CN(Cc2cc(-c3cc(Br)cc(OC(F)F)c3)n(-c3cccnc3)n2)CN1. The molecule has 10 heteroatoms. The molecule has 0 bridgehead atoms. The molecule has 3 aromatic rings. The number of hydrogen-bond acceptors (Lipinski definition) is 5. The van der Waals surface area contributed by atoms with Crippen molar-refractivity contribution in [1.82, 2.24) is 25.0 Å². The van der Waals surface area contributed by atoms with Gasteiger partial charge >= 0.3 is 6.61 Å². The molecule has 0 radical (unpaired) electrons. The molecular weight excluding hydrogens is 448 g/mol. The van der Waals surface area contributed by atoms with Gasteiger partial charge in [-0.15, -0.1) is 0 Å². The van der Waals surface area contributed by atoms with Gasteiger partial charge in [0, 0.05) is 22.8 Å². The van der Waals surface area contributed by atoms with Gasteiger partial charge in [-0.05, 0) is 36.4 Å². The highest BCUT2D eigenvalue weighted by molar-refractivity contribution is 9.10. The van der Waals surface area contributed by atoms with Crippen LogP contribution in [0.25, 0.3) is 16.9 Å². The van der Waals surface area contributed by atoms with E-state index in [-0.39, 0.29) is 11.7 Å². The molecule has 0 saturated carbocycles. The summed E-state index contributed by atoms with van der Waals surface area (Å²) in [4.78, 5) is 17.5. The van der Waals surface area contributed by atoms with Gasteiger partial charge in [-0.3, -0.25) is 14.7 Å². The number of carbonyl (C=O) groups excluding carboxylic acids is 1. The van der Waals surface area contributed by atoms with Crippen molar-refractivity contribution in [2.24, 2.45) is 0 Å². The predicted molar refractivity (Wildman–Crippen MR) is 105 cm³/mol. The van der Waals surface area contributed by atoms with E-state index < -0.39 is 6.61 Å². The van der Waals surface area contributed by atoms with Gasteiger partial charge in [-0.25, -0.2) is 4.68 Å². The number of hydrogen-bond donors (Lipinski definition) is 1. The normalized spacial score (nSPS) is 14.4. The van der Waals surface area contributed by atoms with E-state index in [0.29, 0.717) is 35.5 Å². The zero-order valence-corrected chi connectivity index (χ0v) is 16.6. The zero-order valence-electron chi connectivity index (χ0n) is 15.1. The van der Waals surface area contributed by atoms with Crippen molar-refractivity contribution in [3.8, 4) is 22.7 Å². The number of ether oxygens (including phenoxy) is 1. The minimum absolute atomic E-state index is 0.0299. The standard InChI is InChI=1S/C19H16BrF2N5O2/c20-13-4-12(5-16(6-13)29-19(21)22)17-7-14(9-26-10-18(28)24-11-26)25-27(17)15-2-1-3-23-8-15/h1-8,19H,9-11H2,(H,24,28). The summed E-state index contributed by atoms with van der Waals surface area (Å²) in [6.07, 6.45) is 3.32. The van der Waals surface area contributed by atoms with Crippen LogP contribution >= 0.6 is 15.9 Å². The van der Waals surface area contributed by atoms with Crippen LogP contribution in [0.2, 0.25) is 0 Å². The van der Waals surface area contributed by atoms with E-state index in [0.717, 1.165) is 11.4 Å². The van der Waals surface area contributed by atoms with Gasteiger partial charge in [0.25, 0.3) is 0 Å². The van der Waals surface area contributed by atoms with Crippen LogP contribution in [0.15, 0.2) is 53.3 Å². The maximum Gasteiger partial charge on any atom is 0.387 e. The first kappa shape index (κ1) is 19.5. The number of benzene rings is 1. The summed E-state index contributed by atoms with van der Waals surface area (Å²) in [7, 11) is 0. The lowest BCUT2D eigenvalue weighted by Crippen LogP contribution is -2.21. The number of rotatable bonds is 6. The molecule has 150 valence electrons. The summed E-state index contributed by atoms with van der Waals surface area (Å²) in [6.45, 7) is -1.70. The van der Waals surface area contributed by atoms with E-state index in [1.54, 1.807) is 29.2 Å². The third-order valence-electron chi connectivity index (χ3n) is 4.30. The molecule has 0 spiro atoms. The average molecular weight is 464 g/mol. The van der Waals surface area contributed by atoms with Crippen LogP contribution in [0.4, 0.5) is 8.78 Å². The zero-order chi connectivity index (χ0) is 20.4. The minimum Gasteiger partial charge on any atom is -0.435 e. The first-order chi connectivity index (χ1) is 14.0. The van der Waals surface area contributed by atoms with E-state index in [1.165, 1.54) is 12.1 Å². The second-order valence-electron chi connectivity index (χ2n) is 6.44. The number of alkyl halides is 2. The fourth-order valence-electron chi connectivity index (χ4n) is 3.13. The van der Waals surface area contributed by atoms with Crippen molar-refractivity contribution < 1.29 is 18.3 Å². The fraction of sp³-hybridized carbons (Fsp3) is 0.211. The lowest BCUT2D eigenvalue weighted by molar-refractivity contribution is -0.118. The maximum atomic E-state index is 12.7. The van der Waals surface area contributed by atoms with E-state index in [1.807, 2.05) is 17.0 Å². The highest BCUT2D eigenvalue weighted by Crippen LogP contribution is 2.31. The van der Waals surface area contributed by atoms with Crippen molar-refractivity contribution in [2.45, 2.75) is 13.2 Å². The Kier molecular flexibility index (Phi) is 5.54. The Morgan fingerprint density at radius 2 is 2.14 bits per heavy atom. The van der Waals surface area contributed by atoms with Gasteiger partial charge in [-0.2, -0.15) is 13.9 Å². The molecule has 1 N–H and O–H groups in total. The second kappa shape index (κ2) is 8.26. The molecule has 3 heterocycles. The molecule has 0 unspecified atom stereocenters. The number of pyridine rings is 1. The van der Waals surface area contributed by atoms with Crippen molar-refractivity contribution in [1.29, 1.82) is 0 Å². The quantitative estimate of drug-likeness (QED) is 0.607. The number of aromatic nitrogens is 3. The van der Waals surface area contributed by atoms with Crippen LogP contribution in [-0.2, 0) is 11.3 Å². The van der Waals surface area contributed by atoms with Crippen molar-refractivity contribution in [2.75, 3.05) is 13.2 Å². The second-order valence-corrected chi connectivity index (χ2v) is 7.36. The van der Waals surface area contributed by atoms with Gasteiger partial charge in [0.15, 0.2) is 0 Å². The molecule has 1 aromatic carbocycles. The fourth-order valence-corrected chi connectivity index (χ4v) is 3.60. The topological polar surface area (TPSA) is 72.3 Å². The van der Waals surface area contributed by atoms with Crippen LogP contribution in [-0.4, -0.2) is 45.4 Å². The number of nitrogens with zero attached hydrogens (tertiary/aromatic N) is 4. The third kappa shape index (κ3) is 4.60. The van der Waals surface area contributed by atoms with E-state index in [2.05, 4.69) is 36.1 Å². The molecule has 2 aromatic heterocycles. The molecular formula is C19H16BrF2N5O2. The van der Waals surface area contributed by atoms with E-state index in [4.69, 9.17) is 0 Å². The summed E-state index contributed by atoms with van der Waals surface area (Å²) in [5.41, 5.74) is 2.79. The van der Waals surface area contributed by atoms with Crippen LogP contribution < -0.4 is 10.1 Å². The molecule has 0 atom stereocenters. The van der Waals surface area contributed by atoms with Crippen LogP contribution in [0.1, 0.15) is 5.69 Å². The Labute approximate surface area is 173 Å². The molecule has 1 aliphatic rings. The molecule has 29 heavy (non-hydrogen) atoms. The summed E-state index contributed by atoms with van der Waals surface area (Å²) in [5, 5.41) is 7.41. The summed E-state index contributed by atoms with van der Waals surface area (Å²) >= 11 is 3.34. The van der Waals surface area contributed by atoms with Crippen LogP contribution in [0, 0.1) is 0 Å². The lowest BCUT2D eigenvalue weighted by Gasteiger charge is -2.10. The van der Waals surface area contributed by atoms with Gasteiger partial charge in [0.05, 0.1) is 36.5 Å². The molecule has 1 aliphatic heterocycles. The third-order valence-corrected chi connectivity index (χ3v) is 4.75. The Hall–Kier alpha value is -2.85. The summed E-state index contributed by atoms with van der Waals surface area (Å²) in [5.74, 6) is 0.0110. The monoisotopic (exact) mass is 463 g/mol. The van der Waals surface area contributed by atoms with Crippen molar-refractivity contribution >= 4 is 21.8 Å². The number of amides is 1. The first-order valence-electron chi connectivity index (χ1n) is 8.72. The van der Waals surface area contributed by atoms with Crippen LogP contribution in [0.5, 0.6) is 5.75 Å². The Balaban J connectivity index is 1.75. The van der Waals surface area contributed by atoms with Crippen molar-refractivity contribution in [3.63, 3.8) is 0 Å². The van der Waals surface area contributed by atoms with Crippen LogP contribution in [0.3, 0.4) is 0 Å². The predicted octanol–water partition coefficient (Wildman–Crippen LogP) is 3.19. The average Bonchev–Trinajstić information content (AvgIpc) is 3.28. The molecule has 1 saturated heterocycles. The Bertz CT molecular complexity index is 1030. The smallest absolute Gasteiger partial charge is 0.387 e. The molecule has 1 amide bonds. The summed E-state index contributed by atoms with van der Waals surface area (Å²) in [6, 6.07) is 10.3. The van der Waals surface area contributed by atoms with Gasteiger partial charge in [-0.1, -0.05) is 15.9 Å². The number of nitrogens with one attached hydrogen (secondary N) is 1. The number of halogens is 3. The highest BCUT2D eigenvalue weighted by atomic mass is 79.9.